The molecule has 1 N–H and O–H groups in total. The van der Waals surface area contributed by atoms with E-state index in [2.05, 4.69) is 40.7 Å². The smallest absolute Gasteiger partial charge is 0.0623 e. The van der Waals surface area contributed by atoms with Crippen LogP contribution in [0.15, 0.2) is 11.6 Å². The van der Waals surface area contributed by atoms with Crippen LogP contribution in [0.4, 0.5) is 0 Å². The number of carboxylic acids is 1. The molecule has 0 aromatic heterocycles. The van der Waals surface area contributed by atoms with Crippen molar-refractivity contribution in [3.05, 3.63) is 11.6 Å². The second kappa shape index (κ2) is 8.50. The number of fused-ring (bicyclic) bond motifs is 5. The lowest BCUT2D eigenvalue weighted by atomic mass is 9.46. The fraction of sp³-hybridized carbons (Fsp3) is 0.893. The standard InChI is InChI=1S/C28H46O3/c1-17(2)7-6-8-18(3)20-11-12-21-19-9-10-23-25(26(30)31)24(29)14-16-28(23,5)22(19)13-15-27(20,21)4/h9,17-18,20-25,29H,6-8,10-16H2,1-5H3,(H,30,31)/p-1/t18-,20-,21+,22?,23+,24+,25+,27-,28-/m1/s1. The zero-order chi connectivity index (χ0) is 22.6. The highest BCUT2D eigenvalue weighted by molar-refractivity contribution is 5.69. The first-order valence-electron chi connectivity index (χ1n) is 13.2. The van der Waals surface area contributed by atoms with Crippen molar-refractivity contribution in [1.82, 2.24) is 0 Å². The van der Waals surface area contributed by atoms with Gasteiger partial charge in [-0.2, -0.15) is 0 Å². The number of aliphatic carboxylic acids is 1. The lowest BCUT2D eigenvalue weighted by molar-refractivity contribution is -0.320. The third-order valence-corrected chi connectivity index (χ3v) is 10.7. The molecule has 1 unspecified atom stereocenters. The largest absolute Gasteiger partial charge is 0.550 e. The highest BCUT2D eigenvalue weighted by Crippen LogP contribution is 2.67. The summed E-state index contributed by atoms with van der Waals surface area (Å²) >= 11 is 0. The lowest BCUT2D eigenvalue weighted by Gasteiger charge is -2.59. The Morgan fingerprint density at radius 2 is 1.74 bits per heavy atom. The number of carboxylic acid groups (broad SMARTS) is 1. The van der Waals surface area contributed by atoms with Crippen LogP contribution in [0.1, 0.15) is 98.8 Å². The van der Waals surface area contributed by atoms with E-state index in [0.29, 0.717) is 23.7 Å². The number of carbonyl (C=O) groups is 1. The van der Waals surface area contributed by atoms with Crippen molar-refractivity contribution in [2.24, 2.45) is 52.3 Å². The van der Waals surface area contributed by atoms with Gasteiger partial charge in [-0.05, 0) is 91.3 Å². The molecular weight excluding hydrogens is 384 g/mol. The van der Waals surface area contributed by atoms with Crippen LogP contribution in [0, 0.1) is 52.3 Å². The molecule has 4 aliphatic rings. The van der Waals surface area contributed by atoms with Gasteiger partial charge in [-0.25, -0.2) is 0 Å². The summed E-state index contributed by atoms with van der Waals surface area (Å²) in [6, 6.07) is 0. The molecule has 9 atom stereocenters. The van der Waals surface area contributed by atoms with Gasteiger partial charge in [0, 0.05) is 11.9 Å². The van der Waals surface area contributed by atoms with Gasteiger partial charge in [-0.15, -0.1) is 0 Å². The number of carbonyl (C=O) groups excluding carboxylic acids is 1. The average Bonchev–Trinajstić information content (AvgIpc) is 3.05. The fourth-order valence-corrected chi connectivity index (χ4v) is 8.95. The number of hydrogen-bond acceptors (Lipinski definition) is 3. The maximum Gasteiger partial charge on any atom is 0.0623 e. The van der Waals surface area contributed by atoms with Crippen LogP contribution in [0.5, 0.6) is 0 Å². The van der Waals surface area contributed by atoms with Gasteiger partial charge >= 0.3 is 0 Å². The van der Waals surface area contributed by atoms with Crippen molar-refractivity contribution in [1.29, 1.82) is 0 Å². The lowest BCUT2D eigenvalue weighted by Crippen LogP contribution is -2.57. The second-order valence-corrected chi connectivity index (χ2v) is 12.6. The molecular formula is C28H45O3-. The Morgan fingerprint density at radius 3 is 2.42 bits per heavy atom. The minimum absolute atomic E-state index is 0.00362. The topological polar surface area (TPSA) is 60.4 Å². The monoisotopic (exact) mass is 429 g/mol. The van der Waals surface area contributed by atoms with E-state index in [-0.39, 0.29) is 11.3 Å². The molecule has 3 nitrogen and oxygen atoms in total. The molecule has 0 spiro atoms. The van der Waals surface area contributed by atoms with Crippen LogP contribution in [0.25, 0.3) is 0 Å². The van der Waals surface area contributed by atoms with Gasteiger partial charge in [0.15, 0.2) is 0 Å². The van der Waals surface area contributed by atoms with E-state index in [9.17, 15) is 15.0 Å². The van der Waals surface area contributed by atoms with E-state index in [4.69, 9.17) is 0 Å². The van der Waals surface area contributed by atoms with Crippen LogP contribution < -0.4 is 5.11 Å². The summed E-state index contributed by atoms with van der Waals surface area (Å²) in [5, 5.41) is 22.3. The highest BCUT2D eigenvalue weighted by atomic mass is 16.4. The Balaban J connectivity index is 1.55. The summed E-state index contributed by atoms with van der Waals surface area (Å²) in [7, 11) is 0. The third kappa shape index (κ3) is 3.81. The fourth-order valence-electron chi connectivity index (χ4n) is 8.95. The molecule has 3 heteroatoms. The number of allylic oxidation sites excluding steroid dienone is 2. The van der Waals surface area contributed by atoms with Gasteiger partial charge in [0.05, 0.1) is 6.10 Å². The molecule has 0 aromatic carbocycles. The molecule has 0 amide bonds. The van der Waals surface area contributed by atoms with Crippen LogP contribution >= 0.6 is 0 Å². The summed E-state index contributed by atoms with van der Waals surface area (Å²) in [5.74, 6) is 1.86. The number of hydrogen-bond donors (Lipinski definition) is 1. The van der Waals surface area contributed by atoms with E-state index in [1.165, 1.54) is 44.9 Å². The van der Waals surface area contributed by atoms with Crippen molar-refractivity contribution in [2.75, 3.05) is 0 Å². The zero-order valence-corrected chi connectivity index (χ0v) is 20.5. The maximum atomic E-state index is 11.9. The first-order valence-corrected chi connectivity index (χ1v) is 13.2. The SMILES string of the molecule is CC(C)CCC[C@@H](C)[C@H]1CC[C@H]2C3=CC[C@H]4[C@H](C(=O)[O-])[C@@H](O)CC[C@]4(C)C3CC[C@]12C. The summed E-state index contributed by atoms with van der Waals surface area (Å²) in [4.78, 5) is 11.9. The van der Waals surface area contributed by atoms with Crippen LogP contribution in [0.3, 0.4) is 0 Å². The molecule has 4 rings (SSSR count). The minimum atomic E-state index is -1.04. The summed E-state index contributed by atoms with van der Waals surface area (Å²) in [5.41, 5.74) is 2.07. The number of rotatable bonds is 6. The van der Waals surface area contributed by atoms with E-state index in [1.54, 1.807) is 5.57 Å². The van der Waals surface area contributed by atoms with Gasteiger partial charge in [0.1, 0.15) is 0 Å². The molecule has 176 valence electrons. The molecule has 31 heavy (non-hydrogen) atoms. The van der Waals surface area contributed by atoms with Crippen molar-refractivity contribution in [2.45, 2.75) is 105 Å². The second-order valence-electron chi connectivity index (χ2n) is 12.6. The minimum Gasteiger partial charge on any atom is -0.550 e. The van der Waals surface area contributed by atoms with Gasteiger partial charge in [-0.1, -0.05) is 65.5 Å². The van der Waals surface area contributed by atoms with Crippen molar-refractivity contribution >= 4 is 5.97 Å². The van der Waals surface area contributed by atoms with E-state index >= 15 is 0 Å². The van der Waals surface area contributed by atoms with Gasteiger partial charge in [0.25, 0.3) is 0 Å². The van der Waals surface area contributed by atoms with Gasteiger partial charge < -0.3 is 15.0 Å². The van der Waals surface area contributed by atoms with Crippen molar-refractivity contribution < 1.29 is 15.0 Å². The predicted octanol–water partition coefficient (Wildman–Crippen LogP) is 5.36. The normalized spacial score (nSPS) is 45.5. The van der Waals surface area contributed by atoms with Crippen molar-refractivity contribution in [3.8, 4) is 0 Å². The average molecular weight is 430 g/mol. The molecule has 4 aliphatic carbocycles. The number of aliphatic hydroxyl groups is 1. The molecule has 0 aromatic rings. The van der Waals surface area contributed by atoms with E-state index in [0.717, 1.165) is 30.6 Å². The van der Waals surface area contributed by atoms with Gasteiger partial charge in [0.2, 0.25) is 0 Å². The Labute approximate surface area is 190 Å². The maximum absolute atomic E-state index is 11.9. The number of aliphatic hydroxyl groups excluding tert-OH is 1. The van der Waals surface area contributed by atoms with Crippen molar-refractivity contribution in [3.63, 3.8) is 0 Å². The quantitative estimate of drug-likeness (QED) is 0.578. The molecule has 0 saturated heterocycles. The predicted molar refractivity (Wildman–Crippen MR) is 123 cm³/mol. The third-order valence-electron chi connectivity index (χ3n) is 10.7. The summed E-state index contributed by atoms with van der Waals surface area (Å²) in [6.45, 7) is 12.1. The molecule has 0 bridgehead atoms. The van der Waals surface area contributed by atoms with E-state index < -0.39 is 18.0 Å². The first kappa shape index (κ1) is 23.3. The molecule has 0 aliphatic heterocycles. The Morgan fingerprint density at radius 1 is 1.06 bits per heavy atom. The molecule has 3 saturated carbocycles. The highest BCUT2D eigenvalue weighted by Gasteiger charge is 2.59. The van der Waals surface area contributed by atoms with E-state index in [1.807, 2.05) is 0 Å². The summed E-state index contributed by atoms with van der Waals surface area (Å²) < 4.78 is 0. The summed E-state index contributed by atoms with van der Waals surface area (Å²) in [6.07, 6.45) is 13.2. The van der Waals surface area contributed by atoms with Crippen LogP contribution in [-0.2, 0) is 4.79 Å². The Kier molecular flexibility index (Phi) is 6.40. The van der Waals surface area contributed by atoms with Crippen LogP contribution in [0.2, 0.25) is 0 Å². The molecule has 0 radical (unpaired) electrons. The van der Waals surface area contributed by atoms with Crippen LogP contribution in [-0.4, -0.2) is 17.2 Å². The zero-order valence-electron chi connectivity index (χ0n) is 20.5. The Bertz CT molecular complexity index is 711. The van der Waals surface area contributed by atoms with Gasteiger partial charge in [-0.3, -0.25) is 0 Å². The molecule has 3 fully saturated rings. The first-order chi connectivity index (χ1) is 14.6. The Hall–Kier alpha value is -0.830. The molecule has 0 heterocycles.